The van der Waals surface area contributed by atoms with E-state index in [2.05, 4.69) is 85.0 Å². The van der Waals surface area contributed by atoms with E-state index < -0.39 is 0 Å². The maximum absolute atomic E-state index is 5.05. The Kier molecular flexibility index (Phi) is 4.59. The average molecular weight is 531 g/mol. The lowest BCUT2D eigenvalue weighted by Gasteiger charge is -1.99. The zero-order valence-electron chi connectivity index (χ0n) is 20.7. The van der Waals surface area contributed by atoms with Crippen molar-refractivity contribution in [2.45, 2.75) is 13.8 Å². The van der Waals surface area contributed by atoms with Crippen molar-refractivity contribution in [2.75, 3.05) is 0 Å². The van der Waals surface area contributed by atoms with Gasteiger partial charge in [0.1, 0.15) is 11.4 Å². The Morgan fingerprint density at radius 2 is 1.08 bits per heavy atom. The molecule has 38 heavy (non-hydrogen) atoms. The molecule has 8 heteroatoms. The molecule has 6 aromatic heterocycles. The van der Waals surface area contributed by atoms with Crippen LogP contribution in [-0.4, -0.2) is 29.2 Å². The molecule has 0 aliphatic carbocycles. The van der Waals surface area contributed by atoms with Crippen LogP contribution in [0, 0.1) is 13.8 Å². The SMILES string of the molecule is Cc1c(-c2cn3[nH]cc(-c4ccccc4)c3n2)sc2sc(-c3cn4[nH]cc(-c5ccccc5)c4n3)c(C)c12. The number of imidazole rings is 2. The van der Waals surface area contributed by atoms with Crippen LogP contribution in [0.25, 0.3) is 64.1 Å². The summed E-state index contributed by atoms with van der Waals surface area (Å²) in [5, 5.41) is 8.00. The normalized spacial score (nSPS) is 11.9. The van der Waals surface area contributed by atoms with Gasteiger partial charge in [0.05, 0.1) is 26.2 Å². The van der Waals surface area contributed by atoms with E-state index in [-0.39, 0.29) is 0 Å². The highest BCUT2D eigenvalue weighted by atomic mass is 32.2. The molecule has 8 aromatic rings. The second kappa shape index (κ2) is 8.05. The Labute approximate surface area is 225 Å². The van der Waals surface area contributed by atoms with Crippen LogP contribution in [0.3, 0.4) is 0 Å². The Morgan fingerprint density at radius 1 is 0.632 bits per heavy atom. The molecule has 184 valence electrons. The fraction of sp³-hybridized carbons (Fsp3) is 0.0667. The number of hydrogen-bond acceptors (Lipinski definition) is 4. The average Bonchev–Trinajstić information content (AvgIpc) is 3.75. The maximum Gasteiger partial charge on any atom is 0.161 e. The monoisotopic (exact) mass is 530 g/mol. The van der Waals surface area contributed by atoms with E-state index >= 15 is 0 Å². The summed E-state index contributed by atoms with van der Waals surface area (Å²) in [4.78, 5) is 12.6. The zero-order chi connectivity index (χ0) is 25.4. The fourth-order valence-electron chi connectivity index (χ4n) is 5.38. The van der Waals surface area contributed by atoms with E-state index in [0.29, 0.717) is 0 Å². The van der Waals surface area contributed by atoms with Gasteiger partial charge in [0.2, 0.25) is 0 Å². The fourth-order valence-corrected chi connectivity index (χ4v) is 8.15. The van der Waals surface area contributed by atoms with Gasteiger partial charge >= 0.3 is 0 Å². The first-order valence-corrected chi connectivity index (χ1v) is 14.1. The smallest absolute Gasteiger partial charge is 0.161 e. The first kappa shape index (κ1) is 21.7. The Morgan fingerprint density at radius 3 is 1.50 bits per heavy atom. The molecule has 0 bridgehead atoms. The molecule has 6 heterocycles. The standard InChI is InChI=1S/C30H22N6S2/c1-17-25-18(2)27(24-16-36-29(34-24)22(14-32-36)20-11-7-4-8-12-20)38-30(25)37-26(17)23-15-35-28(33-23)21(13-31-35)19-9-5-3-6-10-19/h3-16,31-32H,1-2H3. The minimum atomic E-state index is 0.946. The van der Waals surface area contributed by atoms with Crippen molar-refractivity contribution >= 4 is 43.4 Å². The highest BCUT2D eigenvalue weighted by molar-refractivity contribution is 7.41. The summed E-state index contributed by atoms with van der Waals surface area (Å²) in [6, 6.07) is 20.8. The van der Waals surface area contributed by atoms with Crippen molar-refractivity contribution in [2.24, 2.45) is 0 Å². The molecule has 0 saturated heterocycles. The molecule has 0 radical (unpaired) electrons. The van der Waals surface area contributed by atoms with Crippen LogP contribution >= 0.6 is 22.7 Å². The molecule has 8 rings (SSSR count). The summed E-state index contributed by atoms with van der Waals surface area (Å²) in [6.07, 6.45) is 8.24. The van der Waals surface area contributed by atoms with Gasteiger partial charge in [-0.1, -0.05) is 60.7 Å². The van der Waals surface area contributed by atoms with Crippen LogP contribution in [0.15, 0.2) is 85.5 Å². The molecule has 6 nitrogen and oxygen atoms in total. The van der Waals surface area contributed by atoms with Crippen molar-refractivity contribution < 1.29 is 0 Å². The van der Waals surface area contributed by atoms with Crippen LogP contribution in [0.4, 0.5) is 0 Å². The number of nitrogens with zero attached hydrogens (tertiary/aromatic N) is 4. The van der Waals surface area contributed by atoms with Crippen LogP contribution in [0.2, 0.25) is 0 Å². The topological polar surface area (TPSA) is 66.2 Å². The molecule has 0 saturated carbocycles. The van der Waals surface area contributed by atoms with Gasteiger partial charge in [-0.25, -0.2) is 19.0 Å². The minimum Gasteiger partial charge on any atom is -0.299 e. The van der Waals surface area contributed by atoms with Gasteiger partial charge < -0.3 is 0 Å². The summed E-state index contributed by atoms with van der Waals surface area (Å²) >= 11 is 3.64. The van der Waals surface area contributed by atoms with Crippen molar-refractivity contribution in [1.29, 1.82) is 0 Å². The number of aromatic nitrogens is 6. The third kappa shape index (κ3) is 3.11. The third-order valence-electron chi connectivity index (χ3n) is 7.25. The number of benzene rings is 2. The number of aromatic amines is 2. The highest BCUT2D eigenvalue weighted by Crippen LogP contribution is 2.47. The van der Waals surface area contributed by atoms with Crippen LogP contribution in [0.5, 0.6) is 0 Å². The molecule has 0 aliphatic rings. The van der Waals surface area contributed by atoms with Gasteiger partial charge in [-0.05, 0) is 36.1 Å². The number of hydrogen-bond donors (Lipinski definition) is 2. The molecule has 0 aliphatic heterocycles. The first-order chi connectivity index (χ1) is 18.7. The van der Waals surface area contributed by atoms with E-state index in [4.69, 9.17) is 9.97 Å². The molecular formula is C30H22N6S2. The van der Waals surface area contributed by atoms with Crippen molar-refractivity contribution in [1.82, 2.24) is 29.2 Å². The second-order valence-electron chi connectivity index (χ2n) is 9.52. The van der Waals surface area contributed by atoms with Crippen LogP contribution in [-0.2, 0) is 0 Å². The zero-order valence-corrected chi connectivity index (χ0v) is 22.3. The number of aryl methyl sites for hydroxylation is 2. The quantitative estimate of drug-likeness (QED) is 0.241. The lowest BCUT2D eigenvalue weighted by molar-refractivity contribution is 0.974. The molecule has 0 fully saturated rings. The van der Waals surface area contributed by atoms with Gasteiger partial charge in [-0.3, -0.25) is 10.2 Å². The number of nitrogens with one attached hydrogen (secondary N) is 2. The summed E-state index contributed by atoms with van der Waals surface area (Å²) in [5.74, 6) is 0. The number of H-pyrrole nitrogens is 2. The number of fused-ring (bicyclic) bond motifs is 3. The Hall–Kier alpha value is -4.40. The van der Waals surface area contributed by atoms with Crippen LogP contribution in [0.1, 0.15) is 11.1 Å². The molecule has 0 atom stereocenters. The molecular weight excluding hydrogens is 509 g/mol. The second-order valence-corrected chi connectivity index (χ2v) is 11.8. The molecule has 2 aromatic carbocycles. The van der Waals surface area contributed by atoms with Gasteiger partial charge in [-0.2, -0.15) is 0 Å². The molecule has 0 spiro atoms. The van der Waals surface area contributed by atoms with E-state index in [0.717, 1.165) is 44.9 Å². The van der Waals surface area contributed by atoms with Crippen molar-refractivity contribution in [3.63, 3.8) is 0 Å². The largest absolute Gasteiger partial charge is 0.299 e. The predicted octanol–water partition coefficient (Wildman–Crippen LogP) is 8.20. The maximum atomic E-state index is 5.05. The van der Waals surface area contributed by atoms with Gasteiger partial charge in [0.15, 0.2) is 11.3 Å². The van der Waals surface area contributed by atoms with Crippen LogP contribution < -0.4 is 0 Å². The van der Waals surface area contributed by atoms with Crippen molar-refractivity contribution in [3.8, 4) is 43.4 Å². The van der Waals surface area contributed by atoms with E-state index in [1.54, 1.807) is 0 Å². The van der Waals surface area contributed by atoms with Gasteiger partial charge in [0, 0.05) is 28.9 Å². The summed E-state index contributed by atoms with van der Waals surface area (Å²) in [7, 11) is 0. The summed E-state index contributed by atoms with van der Waals surface area (Å²) in [6.45, 7) is 4.43. The summed E-state index contributed by atoms with van der Waals surface area (Å²) in [5.41, 5.74) is 11.0. The van der Waals surface area contributed by atoms with E-state index in [9.17, 15) is 0 Å². The van der Waals surface area contributed by atoms with Gasteiger partial charge in [-0.15, -0.1) is 22.7 Å². The Balaban J connectivity index is 1.21. The first-order valence-electron chi connectivity index (χ1n) is 12.4. The van der Waals surface area contributed by atoms with E-state index in [1.165, 1.54) is 30.3 Å². The minimum absolute atomic E-state index is 0.946. The number of rotatable bonds is 4. The predicted molar refractivity (Wildman–Crippen MR) is 157 cm³/mol. The van der Waals surface area contributed by atoms with E-state index in [1.807, 2.05) is 56.2 Å². The highest BCUT2D eigenvalue weighted by Gasteiger charge is 2.22. The molecule has 0 unspecified atom stereocenters. The molecule has 2 N–H and O–H groups in total. The third-order valence-corrected chi connectivity index (χ3v) is 9.97. The van der Waals surface area contributed by atoms with Crippen molar-refractivity contribution in [3.05, 3.63) is 96.6 Å². The lowest BCUT2D eigenvalue weighted by atomic mass is 10.1. The number of thiophene rings is 2. The summed E-state index contributed by atoms with van der Waals surface area (Å²) < 4.78 is 5.34. The Bertz CT molecular complexity index is 1950. The lowest BCUT2D eigenvalue weighted by Crippen LogP contribution is -1.81. The molecule has 0 amide bonds. The van der Waals surface area contributed by atoms with Gasteiger partial charge in [0.25, 0.3) is 0 Å².